The second-order valence-corrected chi connectivity index (χ2v) is 5.38. The minimum absolute atomic E-state index is 0.0942. The van der Waals surface area contributed by atoms with Gasteiger partial charge in [-0.1, -0.05) is 6.42 Å². The fourth-order valence-electron chi connectivity index (χ4n) is 3.10. The van der Waals surface area contributed by atoms with Crippen LogP contribution in [0, 0.1) is 0 Å². The molecule has 3 atom stereocenters. The molecule has 2 unspecified atom stereocenters. The molecule has 92 valence electrons. The van der Waals surface area contributed by atoms with E-state index in [1.165, 1.54) is 32.1 Å². The average Bonchev–Trinajstić information content (AvgIpc) is 2.30. The van der Waals surface area contributed by atoms with Gasteiger partial charge in [-0.25, -0.2) is 0 Å². The number of likely N-dealkylation sites (tertiary alicyclic amines) is 1. The number of hydrogen-bond acceptors (Lipinski definition) is 2. The molecule has 0 aliphatic carbocycles. The van der Waals surface area contributed by atoms with Crippen molar-refractivity contribution in [1.82, 2.24) is 10.2 Å². The van der Waals surface area contributed by atoms with Gasteiger partial charge < -0.3 is 10.2 Å². The molecule has 0 aromatic heterocycles. The van der Waals surface area contributed by atoms with Crippen molar-refractivity contribution in [3.05, 3.63) is 0 Å². The van der Waals surface area contributed by atoms with E-state index in [1.54, 1.807) is 0 Å². The molecule has 2 rings (SSSR count). The zero-order chi connectivity index (χ0) is 11.5. The first kappa shape index (κ1) is 11.9. The second-order valence-electron chi connectivity index (χ2n) is 5.38. The van der Waals surface area contributed by atoms with Gasteiger partial charge in [-0.3, -0.25) is 4.79 Å². The number of amides is 1. The van der Waals surface area contributed by atoms with Crippen LogP contribution in [0.3, 0.4) is 0 Å². The Hall–Kier alpha value is -0.570. The Morgan fingerprint density at radius 2 is 1.75 bits per heavy atom. The molecule has 1 amide bonds. The fourth-order valence-corrected chi connectivity index (χ4v) is 3.10. The molecule has 0 aromatic carbocycles. The van der Waals surface area contributed by atoms with Crippen molar-refractivity contribution < 1.29 is 4.79 Å². The summed E-state index contributed by atoms with van der Waals surface area (Å²) in [5.74, 6) is 0.347. The molecule has 2 saturated heterocycles. The molecule has 0 saturated carbocycles. The zero-order valence-electron chi connectivity index (χ0n) is 10.5. The van der Waals surface area contributed by atoms with Gasteiger partial charge in [0.1, 0.15) is 0 Å². The van der Waals surface area contributed by atoms with Crippen LogP contribution < -0.4 is 5.32 Å². The maximum atomic E-state index is 12.4. The van der Waals surface area contributed by atoms with Crippen LogP contribution in [0.1, 0.15) is 52.4 Å². The first-order valence-corrected chi connectivity index (χ1v) is 6.75. The number of piperidine rings is 2. The molecule has 0 bridgehead atoms. The standard InChI is InChI=1S/C13H24N2O/c1-10-6-5-7-11(2)15(10)13(16)12-8-3-4-9-14-12/h10-12,14H,3-9H2,1-2H3/t10?,11?,12-/m1/s1. The highest BCUT2D eigenvalue weighted by molar-refractivity contribution is 5.82. The minimum atomic E-state index is 0.0942. The molecule has 2 aliphatic rings. The highest BCUT2D eigenvalue weighted by Gasteiger charge is 2.33. The topological polar surface area (TPSA) is 32.3 Å². The first-order valence-electron chi connectivity index (χ1n) is 6.75. The van der Waals surface area contributed by atoms with Crippen molar-refractivity contribution in [2.75, 3.05) is 6.54 Å². The lowest BCUT2D eigenvalue weighted by atomic mass is 9.95. The summed E-state index contributed by atoms with van der Waals surface area (Å²) in [7, 11) is 0. The number of carbonyl (C=O) groups is 1. The minimum Gasteiger partial charge on any atom is -0.336 e. The molecule has 1 N–H and O–H groups in total. The SMILES string of the molecule is CC1CCCC(C)N1C(=O)[C@H]1CCCCN1. The molecule has 0 aromatic rings. The maximum absolute atomic E-state index is 12.4. The largest absolute Gasteiger partial charge is 0.336 e. The number of carbonyl (C=O) groups excluding carboxylic acids is 1. The smallest absolute Gasteiger partial charge is 0.240 e. The van der Waals surface area contributed by atoms with Crippen molar-refractivity contribution in [3.63, 3.8) is 0 Å². The second kappa shape index (κ2) is 5.17. The number of nitrogens with one attached hydrogen (secondary N) is 1. The monoisotopic (exact) mass is 224 g/mol. The lowest BCUT2D eigenvalue weighted by Crippen LogP contribution is -2.55. The van der Waals surface area contributed by atoms with E-state index in [0.29, 0.717) is 18.0 Å². The lowest BCUT2D eigenvalue weighted by Gasteiger charge is -2.41. The van der Waals surface area contributed by atoms with E-state index >= 15 is 0 Å². The van der Waals surface area contributed by atoms with Crippen molar-refractivity contribution in [3.8, 4) is 0 Å². The molecule has 0 radical (unpaired) electrons. The van der Waals surface area contributed by atoms with Gasteiger partial charge >= 0.3 is 0 Å². The Labute approximate surface area is 98.6 Å². The third-order valence-corrected chi connectivity index (χ3v) is 4.06. The summed E-state index contributed by atoms with van der Waals surface area (Å²) >= 11 is 0. The third kappa shape index (κ3) is 2.40. The van der Waals surface area contributed by atoms with Crippen LogP contribution in [0.25, 0.3) is 0 Å². The summed E-state index contributed by atoms with van der Waals surface area (Å²) in [6.07, 6.45) is 7.04. The highest BCUT2D eigenvalue weighted by Crippen LogP contribution is 2.24. The van der Waals surface area contributed by atoms with Gasteiger partial charge in [0.15, 0.2) is 0 Å². The summed E-state index contributed by atoms with van der Waals surface area (Å²) in [5.41, 5.74) is 0. The normalized spacial score (nSPS) is 36.1. The maximum Gasteiger partial charge on any atom is 0.240 e. The van der Waals surface area contributed by atoms with E-state index in [9.17, 15) is 4.79 Å². The van der Waals surface area contributed by atoms with Crippen LogP contribution in [-0.2, 0) is 4.79 Å². The quantitative estimate of drug-likeness (QED) is 0.738. The average molecular weight is 224 g/mol. The molecule has 0 spiro atoms. The predicted molar refractivity (Wildman–Crippen MR) is 65.3 cm³/mol. The van der Waals surface area contributed by atoms with Crippen LogP contribution in [0.15, 0.2) is 0 Å². The molecule has 3 nitrogen and oxygen atoms in total. The van der Waals surface area contributed by atoms with Gasteiger partial charge in [-0.2, -0.15) is 0 Å². The van der Waals surface area contributed by atoms with Gasteiger partial charge in [0.2, 0.25) is 5.91 Å². The van der Waals surface area contributed by atoms with Gasteiger partial charge in [0.05, 0.1) is 6.04 Å². The fraction of sp³-hybridized carbons (Fsp3) is 0.923. The van der Waals surface area contributed by atoms with Crippen LogP contribution >= 0.6 is 0 Å². The van der Waals surface area contributed by atoms with Gasteiger partial charge in [-0.05, 0) is 52.5 Å². The van der Waals surface area contributed by atoms with Crippen LogP contribution in [0.4, 0.5) is 0 Å². The number of nitrogens with zero attached hydrogens (tertiary/aromatic N) is 1. The van der Waals surface area contributed by atoms with E-state index in [-0.39, 0.29) is 6.04 Å². The van der Waals surface area contributed by atoms with Gasteiger partial charge in [0.25, 0.3) is 0 Å². The summed E-state index contributed by atoms with van der Waals surface area (Å²) in [6, 6.07) is 0.955. The Morgan fingerprint density at radius 1 is 1.06 bits per heavy atom. The van der Waals surface area contributed by atoms with Gasteiger partial charge in [0, 0.05) is 12.1 Å². The van der Waals surface area contributed by atoms with Crippen molar-refractivity contribution in [2.45, 2.75) is 70.5 Å². The predicted octanol–water partition coefficient (Wildman–Crippen LogP) is 1.92. The summed E-state index contributed by atoms with van der Waals surface area (Å²) < 4.78 is 0. The van der Waals surface area contributed by atoms with E-state index < -0.39 is 0 Å². The Kier molecular flexibility index (Phi) is 3.85. The number of rotatable bonds is 1. The van der Waals surface area contributed by atoms with Crippen LogP contribution in [0.5, 0.6) is 0 Å². The molecule has 2 fully saturated rings. The molecule has 2 aliphatic heterocycles. The molecular formula is C13H24N2O. The number of hydrogen-bond donors (Lipinski definition) is 1. The van der Waals surface area contributed by atoms with Crippen LogP contribution in [0.2, 0.25) is 0 Å². The van der Waals surface area contributed by atoms with Crippen molar-refractivity contribution in [1.29, 1.82) is 0 Å². The lowest BCUT2D eigenvalue weighted by molar-refractivity contribution is -0.140. The molecule has 2 heterocycles. The molecular weight excluding hydrogens is 200 g/mol. The van der Waals surface area contributed by atoms with E-state index in [2.05, 4.69) is 24.1 Å². The van der Waals surface area contributed by atoms with Crippen LogP contribution in [-0.4, -0.2) is 35.5 Å². The van der Waals surface area contributed by atoms with Gasteiger partial charge in [-0.15, -0.1) is 0 Å². The van der Waals surface area contributed by atoms with E-state index in [0.717, 1.165) is 13.0 Å². The van der Waals surface area contributed by atoms with Crippen molar-refractivity contribution in [2.24, 2.45) is 0 Å². The molecule has 16 heavy (non-hydrogen) atoms. The third-order valence-electron chi connectivity index (χ3n) is 4.06. The first-order chi connectivity index (χ1) is 7.70. The Balaban J connectivity index is 2.00. The summed E-state index contributed by atoms with van der Waals surface area (Å²) in [5, 5.41) is 3.37. The summed E-state index contributed by atoms with van der Waals surface area (Å²) in [4.78, 5) is 14.6. The van der Waals surface area contributed by atoms with E-state index in [4.69, 9.17) is 0 Å². The molecule has 3 heteroatoms. The Bertz CT molecular complexity index is 238. The highest BCUT2D eigenvalue weighted by atomic mass is 16.2. The zero-order valence-corrected chi connectivity index (χ0v) is 10.5. The van der Waals surface area contributed by atoms with Crippen molar-refractivity contribution >= 4 is 5.91 Å². The Morgan fingerprint density at radius 3 is 2.31 bits per heavy atom. The summed E-state index contributed by atoms with van der Waals surface area (Å²) in [6.45, 7) is 5.39. The van der Waals surface area contributed by atoms with E-state index in [1.807, 2.05) is 0 Å².